The maximum atomic E-state index is 12.2. The van der Waals surface area contributed by atoms with Gasteiger partial charge in [-0.1, -0.05) is 0 Å². The zero-order valence-electron chi connectivity index (χ0n) is 6.80. The second-order valence-electron chi connectivity index (χ2n) is 3.28. The highest BCUT2D eigenvalue weighted by molar-refractivity contribution is 5.26. The summed E-state index contributed by atoms with van der Waals surface area (Å²) in [6, 6.07) is 1.20. The Bertz CT molecular complexity index is 315. The number of aromatic nitrogens is 1. The molecule has 0 radical (unpaired) electrons. The van der Waals surface area contributed by atoms with E-state index in [4.69, 9.17) is 0 Å². The molecule has 70 valence electrons. The molecular formula is C9H8F3N. The number of pyridine rings is 1. The largest absolute Gasteiger partial charge is 0.417 e. The van der Waals surface area contributed by atoms with E-state index in [1.54, 1.807) is 0 Å². The van der Waals surface area contributed by atoms with Gasteiger partial charge in [0.1, 0.15) is 0 Å². The molecule has 0 unspecified atom stereocenters. The predicted molar refractivity (Wildman–Crippen MR) is 41.2 cm³/mol. The van der Waals surface area contributed by atoms with Gasteiger partial charge in [-0.05, 0) is 30.4 Å². The second-order valence-corrected chi connectivity index (χ2v) is 3.28. The third kappa shape index (κ3) is 1.82. The van der Waals surface area contributed by atoms with Crippen LogP contribution in [0.25, 0.3) is 0 Å². The van der Waals surface area contributed by atoms with Crippen molar-refractivity contribution in [3.05, 3.63) is 29.6 Å². The summed E-state index contributed by atoms with van der Waals surface area (Å²) in [7, 11) is 0. The minimum atomic E-state index is -4.27. The summed E-state index contributed by atoms with van der Waals surface area (Å²) in [4.78, 5) is 3.59. The molecule has 4 heteroatoms. The number of nitrogens with zero attached hydrogens (tertiary/aromatic N) is 1. The Morgan fingerprint density at radius 2 is 1.92 bits per heavy atom. The molecule has 1 saturated carbocycles. The molecule has 0 bridgehead atoms. The molecule has 0 atom stereocenters. The van der Waals surface area contributed by atoms with Crippen LogP contribution in [0.1, 0.15) is 29.9 Å². The molecule has 1 heterocycles. The lowest BCUT2D eigenvalue weighted by Crippen LogP contribution is -2.05. The van der Waals surface area contributed by atoms with Crippen LogP contribution in [0.15, 0.2) is 18.5 Å². The van der Waals surface area contributed by atoms with Gasteiger partial charge in [0, 0.05) is 12.4 Å². The van der Waals surface area contributed by atoms with Gasteiger partial charge in [-0.15, -0.1) is 0 Å². The minimum absolute atomic E-state index is 0.315. The van der Waals surface area contributed by atoms with Gasteiger partial charge in [-0.25, -0.2) is 0 Å². The maximum Gasteiger partial charge on any atom is 0.417 e. The topological polar surface area (TPSA) is 12.9 Å². The van der Waals surface area contributed by atoms with Gasteiger partial charge < -0.3 is 0 Å². The van der Waals surface area contributed by atoms with E-state index < -0.39 is 11.7 Å². The first-order valence-corrected chi connectivity index (χ1v) is 4.09. The molecule has 1 nitrogen and oxygen atoms in total. The van der Waals surface area contributed by atoms with Gasteiger partial charge >= 0.3 is 6.18 Å². The highest BCUT2D eigenvalue weighted by atomic mass is 19.4. The van der Waals surface area contributed by atoms with Crippen LogP contribution in [-0.2, 0) is 6.18 Å². The van der Waals surface area contributed by atoms with E-state index in [2.05, 4.69) is 4.98 Å². The third-order valence-corrected chi connectivity index (χ3v) is 2.14. The molecule has 0 aromatic carbocycles. The first kappa shape index (κ1) is 8.53. The second kappa shape index (κ2) is 2.72. The quantitative estimate of drug-likeness (QED) is 0.658. The molecule has 0 spiro atoms. The third-order valence-electron chi connectivity index (χ3n) is 2.14. The molecule has 1 aliphatic rings. The summed E-state index contributed by atoms with van der Waals surface area (Å²) in [5.41, 5.74) is 0.0757. The summed E-state index contributed by atoms with van der Waals surface area (Å²) in [6.45, 7) is 0. The highest BCUT2D eigenvalue weighted by Gasteiger charge is 2.33. The van der Waals surface area contributed by atoms with Gasteiger partial charge in [0.25, 0.3) is 0 Å². The van der Waals surface area contributed by atoms with E-state index in [1.165, 1.54) is 12.3 Å². The lowest BCUT2D eigenvalue weighted by atomic mass is 10.1. The highest BCUT2D eigenvalue weighted by Crippen LogP contribution is 2.41. The molecule has 2 rings (SSSR count). The van der Waals surface area contributed by atoms with Crippen LogP contribution in [0.2, 0.25) is 0 Å². The normalized spacial score (nSPS) is 17.5. The summed E-state index contributed by atoms with van der Waals surface area (Å²) in [6.07, 6.45) is 0.0999. The van der Waals surface area contributed by atoms with Gasteiger partial charge in [0.2, 0.25) is 0 Å². The summed E-state index contributed by atoms with van der Waals surface area (Å²) in [5, 5.41) is 0. The Hall–Kier alpha value is -1.06. The van der Waals surface area contributed by atoms with E-state index in [1.807, 2.05) is 0 Å². The summed E-state index contributed by atoms with van der Waals surface area (Å²) >= 11 is 0. The monoisotopic (exact) mass is 187 g/mol. The average molecular weight is 187 g/mol. The standard InChI is InChI=1S/C9H8F3N/c10-9(11,12)8-3-7(4-13-5-8)6-1-2-6/h3-6H,1-2H2. The van der Waals surface area contributed by atoms with E-state index in [0.29, 0.717) is 5.92 Å². The van der Waals surface area contributed by atoms with Gasteiger partial charge in [-0.2, -0.15) is 13.2 Å². The molecule has 0 aliphatic heterocycles. The van der Waals surface area contributed by atoms with Crippen LogP contribution < -0.4 is 0 Å². The van der Waals surface area contributed by atoms with Crippen molar-refractivity contribution in [3.8, 4) is 0 Å². The van der Waals surface area contributed by atoms with Crippen molar-refractivity contribution in [1.82, 2.24) is 4.98 Å². The van der Waals surface area contributed by atoms with Crippen molar-refractivity contribution < 1.29 is 13.2 Å². The van der Waals surface area contributed by atoms with Crippen LogP contribution in [-0.4, -0.2) is 4.98 Å². The van der Waals surface area contributed by atoms with Gasteiger partial charge in [0.15, 0.2) is 0 Å². The zero-order valence-corrected chi connectivity index (χ0v) is 6.80. The number of hydrogen-bond donors (Lipinski definition) is 0. The van der Waals surface area contributed by atoms with Crippen molar-refractivity contribution in [3.63, 3.8) is 0 Å². The Morgan fingerprint density at radius 3 is 2.46 bits per heavy atom. The fourth-order valence-corrected chi connectivity index (χ4v) is 1.25. The van der Waals surface area contributed by atoms with Crippen molar-refractivity contribution in [1.29, 1.82) is 0 Å². The van der Waals surface area contributed by atoms with E-state index in [0.717, 1.165) is 24.6 Å². The van der Waals surface area contributed by atoms with Crippen LogP contribution >= 0.6 is 0 Å². The van der Waals surface area contributed by atoms with Crippen LogP contribution in [0.5, 0.6) is 0 Å². The fraction of sp³-hybridized carbons (Fsp3) is 0.444. The van der Waals surface area contributed by atoms with E-state index in [9.17, 15) is 13.2 Å². The molecular weight excluding hydrogens is 179 g/mol. The number of rotatable bonds is 1. The SMILES string of the molecule is FC(F)(F)c1cncc(C2CC2)c1. The molecule has 1 aromatic heterocycles. The summed E-state index contributed by atoms with van der Waals surface area (Å²) < 4.78 is 36.6. The molecule has 1 fully saturated rings. The Labute approximate surface area is 73.6 Å². The first-order valence-electron chi connectivity index (χ1n) is 4.09. The van der Waals surface area contributed by atoms with E-state index in [-0.39, 0.29) is 0 Å². The zero-order chi connectivity index (χ0) is 9.47. The fourth-order valence-electron chi connectivity index (χ4n) is 1.25. The lowest BCUT2D eigenvalue weighted by molar-refractivity contribution is -0.137. The molecule has 1 aromatic rings. The lowest BCUT2D eigenvalue weighted by Gasteiger charge is -2.06. The Balaban J connectivity index is 2.32. The van der Waals surface area contributed by atoms with Gasteiger partial charge in [0.05, 0.1) is 5.56 Å². The minimum Gasteiger partial charge on any atom is -0.264 e. The van der Waals surface area contributed by atoms with Crippen molar-refractivity contribution in [2.45, 2.75) is 24.9 Å². The van der Waals surface area contributed by atoms with E-state index >= 15 is 0 Å². The number of halogens is 3. The van der Waals surface area contributed by atoms with Crippen molar-refractivity contribution in [2.75, 3.05) is 0 Å². The predicted octanol–water partition coefficient (Wildman–Crippen LogP) is 2.98. The number of hydrogen-bond acceptors (Lipinski definition) is 1. The van der Waals surface area contributed by atoms with Crippen LogP contribution in [0, 0.1) is 0 Å². The first-order chi connectivity index (χ1) is 6.07. The number of alkyl halides is 3. The smallest absolute Gasteiger partial charge is 0.264 e. The molecule has 0 N–H and O–H groups in total. The molecule has 13 heavy (non-hydrogen) atoms. The Kier molecular flexibility index (Phi) is 1.78. The molecule has 0 saturated heterocycles. The Morgan fingerprint density at radius 1 is 1.23 bits per heavy atom. The average Bonchev–Trinajstić information content (AvgIpc) is 2.85. The molecule has 0 amide bonds. The maximum absolute atomic E-state index is 12.2. The molecule has 1 aliphatic carbocycles. The van der Waals surface area contributed by atoms with Crippen LogP contribution in [0.4, 0.5) is 13.2 Å². The summed E-state index contributed by atoms with van der Waals surface area (Å²) in [5.74, 6) is 0.315. The van der Waals surface area contributed by atoms with Crippen LogP contribution in [0.3, 0.4) is 0 Å². The van der Waals surface area contributed by atoms with Crippen molar-refractivity contribution in [2.24, 2.45) is 0 Å². The van der Waals surface area contributed by atoms with Crippen molar-refractivity contribution >= 4 is 0 Å². The van der Waals surface area contributed by atoms with Gasteiger partial charge in [-0.3, -0.25) is 4.98 Å².